The van der Waals surface area contributed by atoms with E-state index in [1.54, 1.807) is 11.1 Å². The maximum atomic E-state index is 14.3. The Bertz CT molecular complexity index is 1860. The van der Waals surface area contributed by atoms with Crippen LogP contribution in [-0.2, 0) is 21.4 Å². The number of carbonyl (C=O) groups excluding carboxylic acids is 2. The van der Waals surface area contributed by atoms with Crippen LogP contribution in [0.1, 0.15) is 68.1 Å². The van der Waals surface area contributed by atoms with E-state index in [9.17, 15) is 9.59 Å². The third kappa shape index (κ3) is 7.76. The summed E-state index contributed by atoms with van der Waals surface area (Å²) < 4.78 is 11.4. The summed E-state index contributed by atoms with van der Waals surface area (Å²) in [5.74, 6) is 1.09. The molecule has 5 aromatic rings. The second-order valence-corrected chi connectivity index (χ2v) is 13.9. The minimum atomic E-state index is -0.774. The Morgan fingerprint density at radius 3 is 2.15 bits per heavy atom. The molecule has 0 saturated heterocycles. The van der Waals surface area contributed by atoms with E-state index >= 15 is 0 Å². The maximum Gasteiger partial charge on any atom is 0.328 e. The van der Waals surface area contributed by atoms with Crippen molar-refractivity contribution in [2.75, 3.05) is 13.7 Å². The number of rotatable bonds is 10. The molecule has 1 saturated carbocycles. The smallest absolute Gasteiger partial charge is 0.328 e. The van der Waals surface area contributed by atoms with Gasteiger partial charge in [0.15, 0.2) is 0 Å². The third-order valence-corrected chi connectivity index (χ3v) is 9.40. The Kier molecular flexibility index (Phi) is 9.90. The first-order valence-electron chi connectivity index (χ1n) is 16.9. The number of nitrogens with zero attached hydrogens (tertiary/aromatic N) is 2. The van der Waals surface area contributed by atoms with Gasteiger partial charge in [0.25, 0.3) is 5.91 Å². The van der Waals surface area contributed by atoms with Crippen LogP contribution in [0.25, 0.3) is 21.9 Å². The minimum absolute atomic E-state index is 0.0694. The molecule has 4 aromatic carbocycles. The third-order valence-electron chi connectivity index (χ3n) is 9.40. The van der Waals surface area contributed by atoms with E-state index in [1.165, 1.54) is 12.7 Å². The summed E-state index contributed by atoms with van der Waals surface area (Å²) in [5.41, 5.74) is 4.80. The molecule has 1 atom stereocenters. The Morgan fingerprint density at radius 2 is 1.48 bits per heavy atom. The van der Waals surface area contributed by atoms with Gasteiger partial charge in [-0.25, -0.2) is 4.79 Å². The van der Waals surface area contributed by atoms with Gasteiger partial charge in [-0.05, 0) is 82.1 Å². The van der Waals surface area contributed by atoms with Crippen LogP contribution in [0.2, 0.25) is 0 Å². The standard InChI is InChI=1S/C42H44N2O4/c1-42(2,3)35-19-22-36(23-20-35)48-37-21-18-33-26-38(43-27-34(33)25-37)40(45)44(28-30-10-8-9-11-30)39(41(46)47-4)24-29-14-16-32(17-15-29)31-12-6-5-7-13-31/h5-7,12-23,25-27,30,39H,8-11,24,28H2,1-4H3/t39-/m0/s1. The molecule has 0 radical (unpaired) electrons. The molecule has 0 spiro atoms. The van der Waals surface area contributed by atoms with Gasteiger partial charge in [-0.15, -0.1) is 0 Å². The molecule has 0 bridgehead atoms. The topological polar surface area (TPSA) is 68.7 Å². The zero-order valence-corrected chi connectivity index (χ0v) is 28.3. The first kappa shape index (κ1) is 33.0. The Hall–Kier alpha value is -4.97. The molecule has 6 nitrogen and oxygen atoms in total. The summed E-state index contributed by atoms with van der Waals surface area (Å²) in [6.07, 6.45) is 6.41. The number of hydrogen-bond acceptors (Lipinski definition) is 5. The van der Waals surface area contributed by atoms with Crippen molar-refractivity contribution in [2.24, 2.45) is 5.92 Å². The van der Waals surface area contributed by atoms with E-state index in [4.69, 9.17) is 9.47 Å². The molecule has 1 aliphatic carbocycles. The van der Waals surface area contributed by atoms with Crippen LogP contribution in [0, 0.1) is 5.92 Å². The Balaban J connectivity index is 1.24. The normalized spacial score (nSPS) is 14.1. The van der Waals surface area contributed by atoms with Crippen molar-refractivity contribution in [1.29, 1.82) is 0 Å². The molecule has 246 valence electrons. The van der Waals surface area contributed by atoms with Crippen LogP contribution >= 0.6 is 0 Å². The fourth-order valence-electron chi connectivity index (χ4n) is 6.57. The van der Waals surface area contributed by atoms with E-state index in [-0.39, 0.29) is 11.3 Å². The molecule has 6 heteroatoms. The fraction of sp³-hybridized carbons (Fsp3) is 0.310. The minimum Gasteiger partial charge on any atom is -0.467 e. The Labute approximate surface area is 283 Å². The van der Waals surface area contributed by atoms with Crippen molar-refractivity contribution in [3.63, 3.8) is 0 Å². The number of ether oxygens (including phenoxy) is 2. The predicted octanol–water partition coefficient (Wildman–Crippen LogP) is 9.41. The number of fused-ring (bicyclic) bond motifs is 1. The lowest BCUT2D eigenvalue weighted by molar-refractivity contribution is -0.146. The monoisotopic (exact) mass is 640 g/mol. The number of benzene rings is 4. The molecule has 0 N–H and O–H groups in total. The highest BCUT2D eigenvalue weighted by Crippen LogP contribution is 2.31. The van der Waals surface area contributed by atoms with Crippen molar-refractivity contribution < 1.29 is 19.1 Å². The molecule has 1 aliphatic rings. The number of amides is 1. The molecule has 1 heterocycles. The Morgan fingerprint density at radius 1 is 0.812 bits per heavy atom. The molecule has 0 unspecified atom stereocenters. The average Bonchev–Trinajstić information content (AvgIpc) is 3.63. The largest absolute Gasteiger partial charge is 0.467 e. The van der Waals surface area contributed by atoms with Gasteiger partial charge in [-0.3, -0.25) is 9.78 Å². The zero-order valence-electron chi connectivity index (χ0n) is 28.3. The van der Waals surface area contributed by atoms with Crippen LogP contribution in [0.15, 0.2) is 109 Å². The summed E-state index contributed by atoms with van der Waals surface area (Å²) >= 11 is 0. The summed E-state index contributed by atoms with van der Waals surface area (Å²) in [7, 11) is 1.39. The highest BCUT2D eigenvalue weighted by molar-refractivity contribution is 5.98. The van der Waals surface area contributed by atoms with Gasteiger partial charge in [0.05, 0.1) is 7.11 Å². The average molecular weight is 641 g/mol. The number of aromatic nitrogens is 1. The van der Waals surface area contributed by atoms with Crippen LogP contribution in [0.4, 0.5) is 0 Å². The van der Waals surface area contributed by atoms with E-state index in [2.05, 4.69) is 62.2 Å². The van der Waals surface area contributed by atoms with Gasteiger partial charge < -0.3 is 14.4 Å². The van der Waals surface area contributed by atoms with E-state index in [1.807, 2.05) is 66.7 Å². The number of hydrogen-bond donors (Lipinski definition) is 0. The molecule has 1 amide bonds. The SMILES string of the molecule is COC(=O)[C@H](Cc1ccc(-c2ccccc2)cc1)N(CC1CCCC1)C(=O)c1cc2ccc(Oc3ccc(C(C)(C)C)cc3)cc2cn1. The number of pyridine rings is 1. The predicted molar refractivity (Wildman–Crippen MR) is 191 cm³/mol. The second kappa shape index (κ2) is 14.4. The second-order valence-electron chi connectivity index (χ2n) is 13.9. The number of methoxy groups -OCH3 is 1. The van der Waals surface area contributed by atoms with Crippen molar-refractivity contribution in [2.45, 2.75) is 64.3 Å². The molecule has 6 rings (SSSR count). The van der Waals surface area contributed by atoms with Crippen molar-refractivity contribution in [3.8, 4) is 22.6 Å². The zero-order chi connectivity index (χ0) is 33.7. The van der Waals surface area contributed by atoms with Gasteiger partial charge in [-0.2, -0.15) is 0 Å². The fourth-order valence-corrected chi connectivity index (χ4v) is 6.57. The molecule has 48 heavy (non-hydrogen) atoms. The summed E-state index contributed by atoms with van der Waals surface area (Å²) in [6.45, 7) is 7.05. The number of esters is 1. The van der Waals surface area contributed by atoms with E-state index in [0.717, 1.165) is 58.9 Å². The lowest BCUT2D eigenvalue weighted by Gasteiger charge is -2.32. The van der Waals surface area contributed by atoms with Gasteiger partial charge in [-0.1, -0.05) is 106 Å². The van der Waals surface area contributed by atoms with Crippen LogP contribution < -0.4 is 4.74 Å². The lowest BCUT2D eigenvalue weighted by atomic mass is 9.87. The maximum absolute atomic E-state index is 14.3. The quantitative estimate of drug-likeness (QED) is 0.142. The van der Waals surface area contributed by atoms with Gasteiger partial charge in [0.2, 0.25) is 0 Å². The molecule has 0 aliphatic heterocycles. The van der Waals surface area contributed by atoms with E-state index < -0.39 is 12.0 Å². The van der Waals surface area contributed by atoms with Gasteiger partial charge in [0, 0.05) is 24.5 Å². The van der Waals surface area contributed by atoms with Gasteiger partial charge in [0.1, 0.15) is 23.2 Å². The van der Waals surface area contributed by atoms with Crippen molar-refractivity contribution in [1.82, 2.24) is 9.88 Å². The van der Waals surface area contributed by atoms with Crippen molar-refractivity contribution >= 4 is 22.6 Å². The molecular formula is C42H44N2O4. The molecule has 1 fully saturated rings. The van der Waals surface area contributed by atoms with Crippen molar-refractivity contribution in [3.05, 3.63) is 126 Å². The summed E-state index contributed by atoms with van der Waals surface area (Å²) in [4.78, 5) is 34.0. The lowest BCUT2D eigenvalue weighted by Crippen LogP contribution is -2.49. The van der Waals surface area contributed by atoms with Crippen LogP contribution in [-0.4, -0.2) is 41.5 Å². The summed E-state index contributed by atoms with van der Waals surface area (Å²) in [6, 6.07) is 33.3. The first-order valence-corrected chi connectivity index (χ1v) is 16.9. The first-order chi connectivity index (χ1) is 23.2. The van der Waals surface area contributed by atoms with Crippen LogP contribution in [0.5, 0.6) is 11.5 Å². The molecule has 1 aromatic heterocycles. The van der Waals surface area contributed by atoms with Gasteiger partial charge >= 0.3 is 5.97 Å². The van der Waals surface area contributed by atoms with Crippen LogP contribution in [0.3, 0.4) is 0 Å². The van der Waals surface area contributed by atoms with E-state index in [0.29, 0.717) is 30.3 Å². The molecular weight excluding hydrogens is 596 g/mol. The summed E-state index contributed by atoms with van der Waals surface area (Å²) in [5, 5.41) is 1.73. The number of carbonyl (C=O) groups is 2. The highest BCUT2D eigenvalue weighted by atomic mass is 16.5. The highest BCUT2D eigenvalue weighted by Gasteiger charge is 2.34.